The molecule has 1 atom stereocenters. The van der Waals surface area contributed by atoms with Gasteiger partial charge in [0.15, 0.2) is 5.65 Å². The number of anilines is 1. The fraction of sp³-hybridized carbons (Fsp3) is 0.536. The predicted octanol–water partition coefficient (Wildman–Crippen LogP) is 1.77. The first-order valence-corrected chi connectivity index (χ1v) is 13.9. The smallest absolute Gasteiger partial charge is 0.264 e. The zero-order valence-corrected chi connectivity index (χ0v) is 22.3. The summed E-state index contributed by atoms with van der Waals surface area (Å²) in [5.74, 6) is 0.357. The molecule has 2 N–H and O–H groups in total. The lowest BCUT2D eigenvalue weighted by Gasteiger charge is -2.38. The second-order valence-electron chi connectivity index (χ2n) is 11.3. The van der Waals surface area contributed by atoms with E-state index in [-0.39, 0.29) is 35.9 Å². The Bertz CT molecular complexity index is 1430. The van der Waals surface area contributed by atoms with Crippen LogP contribution in [0.5, 0.6) is 0 Å². The number of carbonyl (C=O) groups is 2. The minimum atomic E-state index is -1.07. The summed E-state index contributed by atoms with van der Waals surface area (Å²) in [5.41, 5.74) is 0.508. The number of nitrogens with zero attached hydrogens (tertiary/aromatic N) is 6. The first-order valence-electron chi connectivity index (χ1n) is 13.9. The fourth-order valence-corrected chi connectivity index (χ4v) is 5.78. The third-order valence-corrected chi connectivity index (χ3v) is 8.40. The molecule has 6 rings (SSSR count). The van der Waals surface area contributed by atoms with Gasteiger partial charge < -0.3 is 15.3 Å². The Labute approximate surface area is 226 Å². The Kier molecular flexibility index (Phi) is 6.72. The zero-order chi connectivity index (χ0) is 27.1. The molecule has 1 unspecified atom stereocenters. The number of aliphatic hydroxyl groups is 1. The Balaban J connectivity index is 1.14. The van der Waals surface area contributed by atoms with E-state index < -0.39 is 5.60 Å². The number of nitrogens with one attached hydrogen (secondary N) is 1. The van der Waals surface area contributed by atoms with Crippen LogP contribution in [0.3, 0.4) is 0 Å². The van der Waals surface area contributed by atoms with E-state index in [1.807, 2.05) is 36.2 Å². The molecule has 3 fully saturated rings. The van der Waals surface area contributed by atoms with Crippen LogP contribution in [-0.4, -0.2) is 84.4 Å². The molecule has 0 spiro atoms. The maximum atomic E-state index is 13.3. The number of aromatic nitrogens is 4. The molecule has 2 aliphatic heterocycles. The Hall–Kier alpha value is -3.57. The fourth-order valence-electron chi connectivity index (χ4n) is 5.78. The molecule has 1 aromatic carbocycles. The summed E-state index contributed by atoms with van der Waals surface area (Å²) in [4.78, 5) is 46.8. The number of likely N-dealkylation sites (tertiary alicyclic amines) is 2. The lowest BCUT2D eigenvalue weighted by molar-refractivity contribution is -0.137. The highest BCUT2D eigenvalue weighted by atomic mass is 16.3. The molecule has 2 amide bonds. The average Bonchev–Trinajstić information content (AvgIpc) is 3.70. The molecule has 206 valence electrons. The third-order valence-electron chi connectivity index (χ3n) is 8.40. The van der Waals surface area contributed by atoms with Crippen LogP contribution >= 0.6 is 0 Å². The molecule has 11 nitrogen and oxygen atoms in total. The van der Waals surface area contributed by atoms with Crippen molar-refractivity contribution >= 4 is 28.5 Å². The maximum absolute atomic E-state index is 13.3. The van der Waals surface area contributed by atoms with Crippen molar-refractivity contribution in [3.05, 3.63) is 47.1 Å². The quantitative estimate of drug-likeness (QED) is 0.495. The molecule has 2 saturated heterocycles. The number of likely N-dealkylation sites (N-methyl/N-ethyl adjacent to an activating group) is 1. The Morgan fingerprint density at radius 1 is 1.08 bits per heavy atom. The van der Waals surface area contributed by atoms with Gasteiger partial charge in [-0.1, -0.05) is 6.42 Å². The monoisotopic (exact) mass is 533 g/mol. The van der Waals surface area contributed by atoms with Crippen LogP contribution in [0.25, 0.3) is 16.7 Å². The van der Waals surface area contributed by atoms with E-state index in [2.05, 4.69) is 20.3 Å². The summed E-state index contributed by atoms with van der Waals surface area (Å²) in [6.45, 7) is 2.05. The van der Waals surface area contributed by atoms with E-state index in [1.54, 1.807) is 4.68 Å². The number of rotatable bonds is 6. The van der Waals surface area contributed by atoms with Gasteiger partial charge in [0.05, 0.1) is 30.1 Å². The molecule has 3 aromatic rings. The van der Waals surface area contributed by atoms with E-state index in [0.717, 1.165) is 38.6 Å². The summed E-state index contributed by atoms with van der Waals surface area (Å²) < 4.78 is 3.03. The maximum Gasteiger partial charge on any atom is 0.264 e. The van der Waals surface area contributed by atoms with Gasteiger partial charge in [0.25, 0.3) is 5.56 Å². The van der Waals surface area contributed by atoms with E-state index in [0.29, 0.717) is 48.3 Å². The van der Waals surface area contributed by atoms with Crippen LogP contribution in [0.15, 0.2) is 41.6 Å². The van der Waals surface area contributed by atoms with Gasteiger partial charge >= 0.3 is 0 Å². The van der Waals surface area contributed by atoms with Gasteiger partial charge in [-0.3, -0.25) is 23.9 Å². The Morgan fingerprint density at radius 2 is 1.82 bits per heavy atom. The normalized spacial score (nSPS) is 21.7. The molecular formula is C28H35N7O4. The van der Waals surface area contributed by atoms with Crippen molar-refractivity contribution in [1.82, 2.24) is 29.1 Å². The highest BCUT2D eigenvalue weighted by Crippen LogP contribution is 2.33. The van der Waals surface area contributed by atoms with Crippen molar-refractivity contribution in [2.24, 2.45) is 5.92 Å². The third kappa shape index (κ3) is 5.20. The van der Waals surface area contributed by atoms with Crippen LogP contribution in [0.2, 0.25) is 0 Å². The highest BCUT2D eigenvalue weighted by molar-refractivity contribution is 5.95. The molecule has 2 aromatic heterocycles. The van der Waals surface area contributed by atoms with Crippen LogP contribution < -0.4 is 10.9 Å². The summed E-state index contributed by atoms with van der Waals surface area (Å²) in [5, 5.41) is 18.9. The number of fused-ring (bicyclic) bond motifs is 1. The summed E-state index contributed by atoms with van der Waals surface area (Å²) in [6, 6.07) is 7.19. The van der Waals surface area contributed by atoms with Gasteiger partial charge in [0.1, 0.15) is 11.7 Å². The lowest BCUT2D eigenvalue weighted by Crippen LogP contribution is -2.50. The first kappa shape index (κ1) is 25.7. The molecule has 1 saturated carbocycles. The molecule has 4 heterocycles. The van der Waals surface area contributed by atoms with Gasteiger partial charge in [-0.2, -0.15) is 5.10 Å². The average molecular weight is 534 g/mol. The number of benzene rings is 1. The number of hydrogen-bond donors (Lipinski definition) is 2. The van der Waals surface area contributed by atoms with E-state index >= 15 is 0 Å². The highest BCUT2D eigenvalue weighted by Gasteiger charge is 2.39. The molecule has 0 bridgehead atoms. The van der Waals surface area contributed by atoms with Gasteiger partial charge in [0.2, 0.25) is 11.8 Å². The summed E-state index contributed by atoms with van der Waals surface area (Å²) >= 11 is 0. The molecule has 3 aliphatic rings. The number of carbonyl (C=O) groups excluding carboxylic acids is 2. The summed E-state index contributed by atoms with van der Waals surface area (Å²) in [7, 11) is 1.98. The predicted molar refractivity (Wildman–Crippen MR) is 146 cm³/mol. The van der Waals surface area contributed by atoms with Crippen molar-refractivity contribution in [2.75, 3.05) is 32.0 Å². The van der Waals surface area contributed by atoms with Crippen LogP contribution in [0.4, 0.5) is 5.69 Å². The first-order chi connectivity index (χ1) is 18.8. The van der Waals surface area contributed by atoms with Crippen molar-refractivity contribution in [1.29, 1.82) is 0 Å². The van der Waals surface area contributed by atoms with Crippen LogP contribution in [-0.2, 0) is 16.1 Å². The topological polar surface area (TPSA) is 126 Å². The standard InChI is InChI=1S/C28H35N7O4/c1-32-13-3-2-4-23(32)25(36)31-20-7-9-21(10-8-20)35-24-22(16-30-35)27(38)34(18-29-24)17-28(39)11-14-33(15-12-28)26(37)19-5-6-19/h7-10,16,18-19,23,39H,2-6,11-15,17H2,1H3,(H,31,36). The molecular weight excluding hydrogens is 498 g/mol. The van der Waals surface area contributed by atoms with E-state index in [4.69, 9.17) is 0 Å². The lowest BCUT2D eigenvalue weighted by atomic mass is 9.91. The van der Waals surface area contributed by atoms with Crippen LogP contribution in [0, 0.1) is 5.92 Å². The minimum Gasteiger partial charge on any atom is -0.388 e. The number of piperidine rings is 2. The van der Waals surface area contributed by atoms with Crippen molar-refractivity contribution in [2.45, 2.75) is 63.1 Å². The second kappa shape index (κ2) is 10.2. The van der Waals surface area contributed by atoms with Crippen LogP contribution in [0.1, 0.15) is 44.9 Å². The van der Waals surface area contributed by atoms with Gasteiger partial charge in [-0.05, 0) is 76.4 Å². The molecule has 0 radical (unpaired) electrons. The largest absolute Gasteiger partial charge is 0.388 e. The SMILES string of the molecule is CN1CCCCC1C(=O)Nc1ccc(-n2ncc3c(=O)n(CC4(O)CCN(C(=O)C5CC5)CC4)cnc32)cc1. The summed E-state index contributed by atoms with van der Waals surface area (Å²) in [6.07, 6.45) is 8.77. The van der Waals surface area contributed by atoms with Gasteiger partial charge in [0, 0.05) is 24.7 Å². The number of hydrogen-bond acceptors (Lipinski definition) is 7. The van der Waals surface area contributed by atoms with Gasteiger partial charge in [-0.15, -0.1) is 0 Å². The molecule has 11 heteroatoms. The number of amides is 2. The molecule has 1 aliphatic carbocycles. The zero-order valence-electron chi connectivity index (χ0n) is 22.3. The van der Waals surface area contributed by atoms with Crippen molar-refractivity contribution in [3.8, 4) is 5.69 Å². The Morgan fingerprint density at radius 3 is 2.51 bits per heavy atom. The second-order valence-corrected chi connectivity index (χ2v) is 11.3. The van der Waals surface area contributed by atoms with Crippen molar-refractivity contribution < 1.29 is 14.7 Å². The molecule has 39 heavy (non-hydrogen) atoms. The van der Waals surface area contributed by atoms with Gasteiger partial charge in [-0.25, -0.2) is 9.67 Å². The minimum absolute atomic E-state index is 0.00134. The van der Waals surface area contributed by atoms with E-state index in [9.17, 15) is 19.5 Å². The van der Waals surface area contributed by atoms with E-state index in [1.165, 1.54) is 17.1 Å². The van der Waals surface area contributed by atoms with Crippen molar-refractivity contribution in [3.63, 3.8) is 0 Å².